The molecular formula is C20H36N4O5. The van der Waals surface area contributed by atoms with Gasteiger partial charge in [-0.1, -0.05) is 19.9 Å². The van der Waals surface area contributed by atoms with Crippen LogP contribution in [0.15, 0.2) is 11.6 Å². The number of nitrogens with zero attached hydrogens (tertiary/aromatic N) is 2. The fourth-order valence-corrected chi connectivity index (χ4v) is 3.13. The second-order valence-corrected chi connectivity index (χ2v) is 7.79. The molecule has 1 unspecified atom stereocenters. The van der Waals surface area contributed by atoms with E-state index in [9.17, 15) is 14.4 Å². The number of nitrogens with one attached hydrogen (secondary N) is 1. The summed E-state index contributed by atoms with van der Waals surface area (Å²) in [4.78, 5) is 39.9. The van der Waals surface area contributed by atoms with Crippen molar-refractivity contribution >= 4 is 18.0 Å². The van der Waals surface area contributed by atoms with Crippen LogP contribution in [0.2, 0.25) is 0 Å². The van der Waals surface area contributed by atoms with Crippen molar-refractivity contribution in [2.24, 2.45) is 11.7 Å². The van der Waals surface area contributed by atoms with Crippen molar-refractivity contribution in [1.82, 2.24) is 15.1 Å². The van der Waals surface area contributed by atoms with Gasteiger partial charge in [0.25, 0.3) is 0 Å². The molecule has 9 heteroatoms. The van der Waals surface area contributed by atoms with Crippen molar-refractivity contribution in [3.8, 4) is 0 Å². The van der Waals surface area contributed by atoms with Gasteiger partial charge in [0, 0.05) is 31.6 Å². The van der Waals surface area contributed by atoms with E-state index in [4.69, 9.17) is 15.2 Å². The number of hydrogen-bond acceptors (Lipinski definition) is 7. The highest BCUT2D eigenvalue weighted by Crippen LogP contribution is 2.16. The maximum atomic E-state index is 12.6. The topological polar surface area (TPSA) is 114 Å². The number of carbonyl (C=O) groups is 3. The molecule has 1 heterocycles. The summed E-state index contributed by atoms with van der Waals surface area (Å²) < 4.78 is 10.4. The predicted octanol–water partition coefficient (Wildman–Crippen LogP) is 1.08. The van der Waals surface area contributed by atoms with Gasteiger partial charge in [0.05, 0.1) is 12.6 Å². The van der Waals surface area contributed by atoms with E-state index in [2.05, 4.69) is 5.32 Å². The number of piperidine rings is 1. The van der Waals surface area contributed by atoms with Crippen LogP contribution in [0.25, 0.3) is 0 Å². The number of esters is 1. The molecule has 3 atom stereocenters. The van der Waals surface area contributed by atoms with Crippen molar-refractivity contribution in [3.05, 3.63) is 11.6 Å². The number of likely N-dealkylation sites (N-methyl/N-ethyl adjacent to an activating group) is 1. The zero-order chi connectivity index (χ0) is 22.1. The molecule has 0 bridgehead atoms. The van der Waals surface area contributed by atoms with Gasteiger partial charge in [-0.05, 0) is 33.2 Å². The van der Waals surface area contributed by atoms with Gasteiger partial charge in [0.15, 0.2) is 6.23 Å². The summed E-state index contributed by atoms with van der Waals surface area (Å²) in [6.07, 6.45) is 2.08. The van der Waals surface area contributed by atoms with Gasteiger partial charge in [0.2, 0.25) is 5.91 Å². The van der Waals surface area contributed by atoms with E-state index in [1.807, 2.05) is 25.8 Å². The molecule has 1 saturated heterocycles. The lowest BCUT2D eigenvalue weighted by Gasteiger charge is -2.34. The molecule has 1 rings (SSSR count). The van der Waals surface area contributed by atoms with E-state index in [0.717, 1.165) is 13.0 Å². The first-order valence-electron chi connectivity index (χ1n) is 10.1. The summed E-state index contributed by atoms with van der Waals surface area (Å²) in [5, 5.41) is 2.50. The van der Waals surface area contributed by atoms with Gasteiger partial charge >= 0.3 is 12.1 Å². The quantitative estimate of drug-likeness (QED) is 0.453. The average molecular weight is 413 g/mol. The lowest BCUT2D eigenvalue weighted by molar-refractivity contribution is -0.138. The maximum Gasteiger partial charge on any atom is 0.409 e. The van der Waals surface area contributed by atoms with Crippen LogP contribution in [0.3, 0.4) is 0 Å². The minimum atomic E-state index is -0.656. The van der Waals surface area contributed by atoms with Gasteiger partial charge in [-0.25, -0.2) is 9.59 Å². The van der Waals surface area contributed by atoms with Crippen molar-refractivity contribution in [2.75, 3.05) is 33.8 Å². The third kappa shape index (κ3) is 8.02. The summed E-state index contributed by atoms with van der Waals surface area (Å²) in [5.74, 6) is -0.629. The fourth-order valence-electron chi connectivity index (χ4n) is 3.13. The highest BCUT2D eigenvalue weighted by Gasteiger charge is 2.28. The lowest BCUT2D eigenvalue weighted by Crippen LogP contribution is -2.49. The van der Waals surface area contributed by atoms with Crippen molar-refractivity contribution in [2.45, 2.75) is 58.8 Å². The van der Waals surface area contributed by atoms with E-state index in [0.29, 0.717) is 12.0 Å². The first kappa shape index (κ1) is 24.9. The predicted molar refractivity (Wildman–Crippen MR) is 110 cm³/mol. The highest BCUT2D eigenvalue weighted by atomic mass is 16.6. The normalized spacial score (nSPS) is 21.4. The number of ether oxygens (including phenoxy) is 2. The Balaban J connectivity index is 2.62. The molecule has 9 nitrogen and oxygen atoms in total. The van der Waals surface area contributed by atoms with Crippen molar-refractivity contribution in [1.29, 1.82) is 0 Å². The standard InChI is InChI=1S/C20H36N4O5/c1-7-28-19(26)14(4)10-16(13(2)3)24(6)17(25)12-22-20(27)29-18-11-15(21)8-9-23(18)5/h10,13,15-16,18H,7-9,11-12,21H2,1-6H3,(H,22,27)/b14-10+/t15-,16-,18?/m1/s1. The summed E-state index contributed by atoms with van der Waals surface area (Å²) in [6.45, 7) is 8.14. The lowest BCUT2D eigenvalue weighted by atomic mass is 10.00. The van der Waals surface area contributed by atoms with Crippen molar-refractivity contribution in [3.63, 3.8) is 0 Å². The first-order chi connectivity index (χ1) is 13.6. The third-order valence-corrected chi connectivity index (χ3v) is 5.02. The number of likely N-dealkylation sites (tertiary alicyclic amines) is 1. The Morgan fingerprint density at radius 2 is 2.00 bits per heavy atom. The smallest absolute Gasteiger partial charge is 0.409 e. The number of carbonyl (C=O) groups excluding carboxylic acids is 3. The molecule has 0 saturated carbocycles. The van der Waals surface area contributed by atoms with Gasteiger partial charge in [-0.3, -0.25) is 9.69 Å². The Morgan fingerprint density at radius 3 is 2.59 bits per heavy atom. The molecule has 3 N–H and O–H groups in total. The molecule has 0 aromatic carbocycles. The molecule has 0 aromatic heterocycles. The second-order valence-electron chi connectivity index (χ2n) is 7.79. The zero-order valence-electron chi connectivity index (χ0n) is 18.4. The summed E-state index contributed by atoms with van der Waals surface area (Å²) >= 11 is 0. The first-order valence-corrected chi connectivity index (χ1v) is 10.1. The number of hydrogen-bond donors (Lipinski definition) is 2. The second kappa shape index (κ2) is 11.8. The van der Waals surface area contributed by atoms with Gasteiger partial charge in [-0.15, -0.1) is 0 Å². The molecule has 166 valence electrons. The molecule has 0 radical (unpaired) electrons. The number of amides is 2. The van der Waals surface area contributed by atoms with Crippen LogP contribution in [-0.2, 0) is 19.1 Å². The Morgan fingerprint density at radius 1 is 1.34 bits per heavy atom. The number of rotatable bonds is 8. The highest BCUT2D eigenvalue weighted by molar-refractivity contribution is 5.88. The largest absolute Gasteiger partial charge is 0.463 e. The van der Waals surface area contributed by atoms with E-state index in [-0.39, 0.29) is 37.1 Å². The molecule has 2 amide bonds. The maximum absolute atomic E-state index is 12.6. The Bertz CT molecular complexity index is 608. The van der Waals surface area contributed by atoms with Crippen LogP contribution in [0.4, 0.5) is 4.79 Å². The zero-order valence-corrected chi connectivity index (χ0v) is 18.4. The number of alkyl carbamates (subject to hydrolysis) is 1. The van der Waals surface area contributed by atoms with Crippen LogP contribution in [0, 0.1) is 5.92 Å². The monoisotopic (exact) mass is 412 g/mol. The Hall–Kier alpha value is -2.13. The van der Waals surface area contributed by atoms with Crippen LogP contribution in [0.1, 0.15) is 40.5 Å². The third-order valence-electron chi connectivity index (χ3n) is 5.02. The van der Waals surface area contributed by atoms with Crippen LogP contribution in [0.5, 0.6) is 0 Å². The van der Waals surface area contributed by atoms with E-state index in [1.54, 1.807) is 27.0 Å². The van der Waals surface area contributed by atoms with Gasteiger partial charge in [0.1, 0.15) is 6.54 Å². The van der Waals surface area contributed by atoms with Crippen LogP contribution < -0.4 is 11.1 Å². The molecule has 0 spiro atoms. The Kier molecular flexibility index (Phi) is 10.1. The fraction of sp³-hybridized carbons (Fsp3) is 0.750. The van der Waals surface area contributed by atoms with Crippen LogP contribution in [-0.4, -0.2) is 79.9 Å². The minimum absolute atomic E-state index is 0.00186. The molecule has 1 aliphatic heterocycles. The molecule has 0 aromatic rings. The van der Waals surface area contributed by atoms with Gasteiger partial charge in [-0.2, -0.15) is 0 Å². The minimum Gasteiger partial charge on any atom is -0.463 e. The van der Waals surface area contributed by atoms with E-state index in [1.165, 1.54) is 4.90 Å². The summed E-state index contributed by atoms with van der Waals surface area (Å²) in [5.41, 5.74) is 6.37. The van der Waals surface area contributed by atoms with Gasteiger partial charge < -0.3 is 25.4 Å². The molecular weight excluding hydrogens is 376 g/mol. The summed E-state index contributed by atoms with van der Waals surface area (Å²) in [6, 6.07) is -0.315. The van der Waals surface area contributed by atoms with Crippen LogP contribution >= 0.6 is 0 Å². The van der Waals surface area contributed by atoms with E-state index < -0.39 is 18.3 Å². The van der Waals surface area contributed by atoms with Crippen molar-refractivity contribution < 1.29 is 23.9 Å². The Labute approximate surface area is 173 Å². The average Bonchev–Trinajstić information content (AvgIpc) is 2.66. The number of nitrogens with two attached hydrogens (primary N) is 1. The molecule has 1 aliphatic rings. The summed E-state index contributed by atoms with van der Waals surface area (Å²) in [7, 11) is 3.51. The molecule has 0 aliphatic carbocycles. The SMILES string of the molecule is CCOC(=O)/C(C)=C/[C@H](C(C)C)N(C)C(=O)CNC(=O)OC1C[C@H](N)CCN1C. The van der Waals surface area contributed by atoms with E-state index >= 15 is 0 Å². The molecule has 1 fully saturated rings. The molecule has 29 heavy (non-hydrogen) atoms.